The van der Waals surface area contributed by atoms with Crippen LogP contribution in [-0.2, 0) is 0 Å². The van der Waals surface area contributed by atoms with E-state index in [-0.39, 0.29) is 5.54 Å². The SMILES string of the molecule is CCC1(C)CN(c2cc(C)ccc2C)CCN1. The molecule has 94 valence electrons. The molecule has 17 heavy (non-hydrogen) atoms. The zero-order valence-electron chi connectivity index (χ0n) is 11.5. The van der Waals surface area contributed by atoms with Crippen molar-refractivity contribution in [2.45, 2.75) is 39.7 Å². The molecule has 1 saturated heterocycles. The summed E-state index contributed by atoms with van der Waals surface area (Å²) in [6, 6.07) is 6.74. The molecule has 0 spiro atoms. The maximum atomic E-state index is 3.64. The molecule has 1 aliphatic rings. The molecule has 0 bridgehead atoms. The minimum Gasteiger partial charge on any atom is -0.368 e. The van der Waals surface area contributed by atoms with Crippen molar-refractivity contribution in [1.29, 1.82) is 0 Å². The van der Waals surface area contributed by atoms with E-state index in [0.29, 0.717) is 0 Å². The van der Waals surface area contributed by atoms with Gasteiger partial charge in [0, 0.05) is 30.9 Å². The third-order valence-corrected chi connectivity index (χ3v) is 3.96. The van der Waals surface area contributed by atoms with Crippen LogP contribution in [0.15, 0.2) is 18.2 Å². The van der Waals surface area contributed by atoms with Crippen molar-refractivity contribution in [1.82, 2.24) is 5.32 Å². The summed E-state index contributed by atoms with van der Waals surface area (Å²) >= 11 is 0. The average Bonchev–Trinajstić information content (AvgIpc) is 2.32. The quantitative estimate of drug-likeness (QED) is 0.843. The van der Waals surface area contributed by atoms with Gasteiger partial charge < -0.3 is 10.2 Å². The van der Waals surface area contributed by atoms with Crippen molar-refractivity contribution in [3.05, 3.63) is 29.3 Å². The standard InChI is InChI=1S/C15H24N2/c1-5-15(4)11-17(9-8-16-15)14-10-12(2)6-7-13(14)3/h6-7,10,16H,5,8-9,11H2,1-4H3. The van der Waals surface area contributed by atoms with Crippen LogP contribution in [-0.4, -0.2) is 25.2 Å². The van der Waals surface area contributed by atoms with E-state index in [2.05, 4.69) is 56.1 Å². The van der Waals surface area contributed by atoms with E-state index < -0.39 is 0 Å². The number of hydrogen-bond acceptors (Lipinski definition) is 2. The van der Waals surface area contributed by atoms with Gasteiger partial charge in [-0.1, -0.05) is 19.1 Å². The highest BCUT2D eigenvalue weighted by Crippen LogP contribution is 2.25. The highest BCUT2D eigenvalue weighted by molar-refractivity contribution is 5.55. The van der Waals surface area contributed by atoms with Crippen LogP contribution in [0.5, 0.6) is 0 Å². The summed E-state index contributed by atoms with van der Waals surface area (Å²) in [7, 11) is 0. The predicted molar refractivity (Wildman–Crippen MR) is 74.8 cm³/mol. The monoisotopic (exact) mass is 232 g/mol. The molecule has 0 saturated carbocycles. The summed E-state index contributed by atoms with van der Waals surface area (Å²) in [6.07, 6.45) is 1.17. The number of aryl methyl sites for hydroxylation is 2. The van der Waals surface area contributed by atoms with Gasteiger partial charge in [0.15, 0.2) is 0 Å². The first-order valence-electron chi connectivity index (χ1n) is 6.61. The van der Waals surface area contributed by atoms with Crippen molar-refractivity contribution < 1.29 is 0 Å². The Morgan fingerprint density at radius 2 is 2.12 bits per heavy atom. The van der Waals surface area contributed by atoms with Gasteiger partial charge in [-0.3, -0.25) is 0 Å². The van der Waals surface area contributed by atoms with Gasteiger partial charge in [-0.25, -0.2) is 0 Å². The summed E-state index contributed by atoms with van der Waals surface area (Å²) in [6.45, 7) is 12.3. The molecule has 0 aliphatic carbocycles. The number of nitrogens with zero attached hydrogens (tertiary/aromatic N) is 1. The third kappa shape index (κ3) is 2.63. The number of piperazine rings is 1. The second kappa shape index (κ2) is 4.69. The summed E-state index contributed by atoms with van der Waals surface area (Å²) in [5.74, 6) is 0. The Bertz CT molecular complexity index is 400. The van der Waals surface area contributed by atoms with Crippen LogP contribution in [0.1, 0.15) is 31.4 Å². The topological polar surface area (TPSA) is 15.3 Å². The number of nitrogens with one attached hydrogen (secondary N) is 1. The minimum absolute atomic E-state index is 0.258. The van der Waals surface area contributed by atoms with Gasteiger partial charge in [-0.2, -0.15) is 0 Å². The van der Waals surface area contributed by atoms with Gasteiger partial charge in [0.2, 0.25) is 0 Å². The predicted octanol–water partition coefficient (Wildman–Crippen LogP) is 2.88. The highest BCUT2D eigenvalue weighted by atomic mass is 15.2. The molecule has 2 heteroatoms. The maximum absolute atomic E-state index is 3.64. The minimum atomic E-state index is 0.258. The molecule has 0 radical (unpaired) electrons. The first kappa shape index (κ1) is 12.4. The fraction of sp³-hybridized carbons (Fsp3) is 0.600. The van der Waals surface area contributed by atoms with E-state index >= 15 is 0 Å². The molecule has 2 rings (SSSR count). The van der Waals surface area contributed by atoms with E-state index in [1.807, 2.05) is 0 Å². The Balaban J connectivity index is 2.24. The average molecular weight is 232 g/mol. The van der Waals surface area contributed by atoms with Crippen LogP contribution in [0.2, 0.25) is 0 Å². The second-order valence-electron chi connectivity index (χ2n) is 5.55. The number of hydrogen-bond donors (Lipinski definition) is 1. The molecule has 1 aromatic carbocycles. The summed E-state index contributed by atoms with van der Waals surface area (Å²) in [5, 5.41) is 3.64. The Labute approximate surface area is 105 Å². The van der Waals surface area contributed by atoms with Gasteiger partial charge in [-0.05, 0) is 44.4 Å². The first-order valence-corrected chi connectivity index (χ1v) is 6.61. The molecule has 1 fully saturated rings. The Morgan fingerprint density at radius 3 is 2.82 bits per heavy atom. The van der Waals surface area contributed by atoms with Gasteiger partial charge in [0.1, 0.15) is 0 Å². The normalized spacial score (nSPS) is 25.1. The second-order valence-corrected chi connectivity index (χ2v) is 5.55. The Kier molecular flexibility index (Phi) is 3.43. The van der Waals surface area contributed by atoms with Crippen LogP contribution in [0.25, 0.3) is 0 Å². The zero-order valence-corrected chi connectivity index (χ0v) is 11.5. The summed E-state index contributed by atoms with van der Waals surface area (Å²) < 4.78 is 0. The lowest BCUT2D eigenvalue weighted by Gasteiger charge is -2.42. The van der Waals surface area contributed by atoms with E-state index in [4.69, 9.17) is 0 Å². The van der Waals surface area contributed by atoms with Crippen LogP contribution in [0, 0.1) is 13.8 Å². The Hall–Kier alpha value is -1.02. The van der Waals surface area contributed by atoms with E-state index in [0.717, 1.165) is 19.6 Å². The van der Waals surface area contributed by atoms with Crippen LogP contribution >= 0.6 is 0 Å². The number of rotatable bonds is 2. The molecule has 0 aromatic heterocycles. The van der Waals surface area contributed by atoms with E-state index in [1.165, 1.54) is 23.2 Å². The van der Waals surface area contributed by atoms with Gasteiger partial charge >= 0.3 is 0 Å². The number of anilines is 1. The van der Waals surface area contributed by atoms with Crippen LogP contribution < -0.4 is 10.2 Å². The Morgan fingerprint density at radius 1 is 1.35 bits per heavy atom. The van der Waals surface area contributed by atoms with Crippen molar-refractivity contribution in [3.8, 4) is 0 Å². The van der Waals surface area contributed by atoms with Gasteiger partial charge in [0.05, 0.1) is 0 Å². The van der Waals surface area contributed by atoms with Crippen molar-refractivity contribution in [2.75, 3.05) is 24.5 Å². The molecule has 1 heterocycles. The largest absolute Gasteiger partial charge is 0.368 e. The van der Waals surface area contributed by atoms with Gasteiger partial charge in [-0.15, -0.1) is 0 Å². The smallest absolute Gasteiger partial charge is 0.0399 e. The first-order chi connectivity index (χ1) is 8.04. The van der Waals surface area contributed by atoms with Crippen molar-refractivity contribution in [2.24, 2.45) is 0 Å². The van der Waals surface area contributed by atoms with E-state index in [9.17, 15) is 0 Å². The molecule has 1 aromatic rings. The third-order valence-electron chi connectivity index (χ3n) is 3.96. The fourth-order valence-electron chi connectivity index (χ4n) is 2.55. The number of benzene rings is 1. The van der Waals surface area contributed by atoms with E-state index in [1.54, 1.807) is 0 Å². The lowest BCUT2D eigenvalue weighted by Crippen LogP contribution is -2.58. The summed E-state index contributed by atoms with van der Waals surface area (Å²) in [4.78, 5) is 2.53. The van der Waals surface area contributed by atoms with Crippen LogP contribution in [0.3, 0.4) is 0 Å². The lowest BCUT2D eigenvalue weighted by atomic mass is 9.95. The molecule has 0 amide bonds. The lowest BCUT2D eigenvalue weighted by molar-refractivity contribution is 0.314. The molecule has 1 atom stereocenters. The van der Waals surface area contributed by atoms with Gasteiger partial charge in [0.25, 0.3) is 0 Å². The molecular formula is C15H24N2. The molecule has 2 nitrogen and oxygen atoms in total. The van der Waals surface area contributed by atoms with Crippen LogP contribution in [0.4, 0.5) is 5.69 Å². The zero-order chi connectivity index (χ0) is 12.5. The highest BCUT2D eigenvalue weighted by Gasteiger charge is 2.29. The fourth-order valence-corrected chi connectivity index (χ4v) is 2.55. The molecule has 1 aliphatic heterocycles. The molecule has 1 unspecified atom stereocenters. The maximum Gasteiger partial charge on any atom is 0.0399 e. The molecular weight excluding hydrogens is 208 g/mol. The molecule has 1 N–H and O–H groups in total. The summed E-state index contributed by atoms with van der Waals surface area (Å²) in [5.41, 5.74) is 4.40. The van der Waals surface area contributed by atoms with Crippen molar-refractivity contribution in [3.63, 3.8) is 0 Å². The van der Waals surface area contributed by atoms with Crippen molar-refractivity contribution >= 4 is 5.69 Å².